The van der Waals surface area contributed by atoms with Crippen LogP contribution in [0.3, 0.4) is 0 Å². The van der Waals surface area contributed by atoms with Gasteiger partial charge in [0.1, 0.15) is 5.69 Å². The molecule has 0 radical (unpaired) electrons. The van der Waals surface area contributed by atoms with E-state index in [-0.39, 0.29) is 24.4 Å². The van der Waals surface area contributed by atoms with Crippen molar-refractivity contribution in [3.8, 4) is 11.3 Å². The Morgan fingerprint density at radius 1 is 1.25 bits per heavy atom. The van der Waals surface area contributed by atoms with Crippen LogP contribution in [0.15, 0.2) is 30.3 Å². The molecule has 0 spiro atoms. The van der Waals surface area contributed by atoms with Gasteiger partial charge in [-0.1, -0.05) is 49.9 Å². The van der Waals surface area contributed by atoms with Crippen LogP contribution in [0.2, 0.25) is 5.02 Å². The van der Waals surface area contributed by atoms with Gasteiger partial charge in [0.25, 0.3) is 5.91 Å². The number of aromatic nitrogens is 2. The molecule has 1 aromatic heterocycles. The molecule has 1 unspecified atom stereocenters. The van der Waals surface area contributed by atoms with E-state index in [0.717, 1.165) is 36.9 Å². The minimum absolute atomic E-state index is 0.0785. The maximum Gasteiger partial charge on any atom is 0.272 e. The molecule has 150 valence electrons. The van der Waals surface area contributed by atoms with Gasteiger partial charge in [0.15, 0.2) is 0 Å². The van der Waals surface area contributed by atoms with E-state index in [1.54, 1.807) is 4.90 Å². The van der Waals surface area contributed by atoms with Gasteiger partial charge in [-0.3, -0.25) is 14.3 Å². The highest BCUT2D eigenvalue weighted by atomic mass is 35.5. The van der Waals surface area contributed by atoms with Crippen molar-refractivity contribution in [3.05, 3.63) is 41.0 Å². The average Bonchev–Trinajstić information content (AvgIpc) is 3.12. The summed E-state index contributed by atoms with van der Waals surface area (Å²) in [6.07, 6.45) is 4.28. The first-order valence-electron chi connectivity index (χ1n) is 9.95. The smallest absolute Gasteiger partial charge is 0.272 e. The van der Waals surface area contributed by atoms with Crippen molar-refractivity contribution < 1.29 is 9.59 Å². The number of carbonyl (C=O) groups is 2. The molecule has 6 nitrogen and oxygen atoms in total. The molecule has 0 aliphatic carbocycles. The molecular weight excluding hydrogens is 376 g/mol. The first-order chi connectivity index (χ1) is 13.5. The van der Waals surface area contributed by atoms with Gasteiger partial charge in [-0.05, 0) is 31.5 Å². The highest BCUT2D eigenvalue weighted by Crippen LogP contribution is 2.29. The molecule has 0 bridgehead atoms. The van der Waals surface area contributed by atoms with Crippen LogP contribution in [0.5, 0.6) is 0 Å². The summed E-state index contributed by atoms with van der Waals surface area (Å²) in [4.78, 5) is 26.7. The van der Waals surface area contributed by atoms with Crippen LogP contribution in [-0.2, 0) is 4.79 Å². The predicted molar refractivity (Wildman–Crippen MR) is 110 cm³/mol. The average molecular weight is 403 g/mol. The zero-order valence-electron chi connectivity index (χ0n) is 16.4. The second kappa shape index (κ2) is 9.24. The molecule has 0 fully saturated rings. The maximum atomic E-state index is 13.0. The summed E-state index contributed by atoms with van der Waals surface area (Å²) in [5.41, 5.74) is 2.21. The Balaban J connectivity index is 1.89. The van der Waals surface area contributed by atoms with Crippen molar-refractivity contribution in [1.82, 2.24) is 20.0 Å². The number of amides is 2. The summed E-state index contributed by atoms with van der Waals surface area (Å²) >= 11 is 5.99. The maximum absolute atomic E-state index is 13.0. The number of benzene rings is 1. The van der Waals surface area contributed by atoms with Gasteiger partial charge in [0, 0.05) is 23.7 Å². The van der Waals surface area contributed by atoms with E-state index in [2.05, 4.69) is 12.2 Å². The molecule has 7 heteroatoms. The Labute approximate surface area is 170 Å². The third-order valence-corrected chi connectivity index (χ3v) is 5.26. The monoisotopic (exact) mass is 402 g/mol. The predicted octanol–water partition coefficient (Wildman–Crippen LogP) is 3.92. The van der Waals surface area contributed by atoms with Crippen molar-refractivity contribution in [2.75, 3.05) is 19.6 Å². The van der Waals surface area contributed by atoms with Gasteiger partial charge < -0.3 is 10.2 Å². The molecule has 2 heterocycles. The Bertz CT molecular complexity index is 831. The van der Waals surface area contributed by atoms with Crippen LogP contribution in [0.4, 0.5) is 0 Å². The summed E-state index contributed by atoms with van der Waals surface area (Å²) in [7, 11) is 0. The largest absolute Gasteiger partial charge is 0.355 e. The summed E-state index contributed by atoms with van der Waals surface area (Å²) in [6, 6.07) is 9.34. The zero-order valence-corrected chi connectivity index (χ0v) is 17.2. The second-order valence-electron chi connectivity index (χ2n) is 7.16. The number of rotatable bonds is 8. The van der Waals surface area contributed by atoms with Gasteiger partial charge in [0.2, 0.25) is 5.91 Å². The van der Waals surface area contributed by atoms with Gasteiger partial charge >= 0.3 is 0 Å². The van der Waals surface area contributed by atoms with E-state index in [1.165, 1.54) is 0 Å². The molecule has 0 saturated heterocycles. The van der Waals surface area contributed by atoms with Crippen molar-refractivity contribution >= 4 is 23.4 Å². The van der Waals surface area contributed by atoms with E-state index in [4.69, 9.17) is 16.7 Å². The van der Waals surface area contributed by atoms with Crippen LogP contribution in [-0.4, -0.2) is 46.1 Å². The van der Waals surface area contributed by atoms with Gasteiger partial charge in [-0.25, -0.2) is 0 Å². The molecular formula is C21H27ClN4O2. The molecule has 0 saturated carbocycles. The number of unbranched alkanes of at least 4 members (excludes halogenated alkanes) is 2. The van der Waals surface area contributed by atoms with Crippen LogP contribution in [0, 0.1) is 0 Å². The summed E-state index contributed by atoms with van der Waals surface area (Å²) in [6.45, 7) is 5.19. The lowest BCUT2D eigenvalue weighted by molar-refractivity contribution is -0.121. The minimum Gasteiger partial charge on any atom is -0.355 e. The Morgan fingerprint density at radius 2 is 2.00 bits per heavy atom. The number of halogens is 1. The Kier molecular flexibility index (Phi) is 6.73. The SMILES string of the molecule is CCCCCC1CN(CC(=O)NCC)C(=O)c2cc(-c3ccc(Cl)cc3)nn21. The first-order valence-corrected chi connectivity index (χ1v) is 10.3. The Morgan fingerprint density at radius 3 is 2.68 bits per heavy atom. The highest BCUT2D eigenvalue weighted by molar-refractivity contribution is 6.30. The number of nitrogens with one attached hydrogen (secondary N) is 1. The molecule has 3 rings (SSSR count). The molecule has 28 heavy (non-hydrogen) atoms. The highest BCUT2D eigenvalue weighted by Gasteiger charge is 2.33. The Hall–Kier alpha value is -2.34. The minimum atomic E-state index is -0.147. The van der Waals surface area contributed by atoms with Crippen LogP contribution in [0.25, 0.3) is 11.3 Å². The van der Waals surface area contributed by atoms with E-state index in [1.807, 2.05) is 41.9 Å². The third-order valence-electron chi connectivity index (χ3n) is 5.01. The van der Waals surface area contributed by atoms with Crippen molar-refractivity contribution in [2.45, 2.75) is 45.6 Å². The van der Waals surface area contributed by atoms with Crippen LogP contribution in [0.1, 0.15) is 56.1 Å². The van der Waals surface area contributed by atoms with Gasteiger partial charge in [-0.2, -0.15) is 5.10 Å². The topological polar surface area (TPSA) is 67.2 Å². The number of likely N-dealkylation sites (N-methyl/N-ethyl adjacent to an activating group) is 1. The molecule has 1 N–H and O–H groups in total. The zero-order chi connectivity index (χ0) is 20.1. The summed E-state index contributed by atoms with van der Waals surface area (Å²) in [5, 5.41) is 8.17. The van der Waals surface area contributed by atoms with E-state index in [0.29, 0.717) is 23.8 Å². The molecule has 1 aliphatic heterocycles. The summed E-state index contributed by atoms with van der Waals surface area (Å²) < 4.78 is 1.86. The van der Waals surface area contributed by atoms with Crippen molar-refractivity contribution in [1.29, 1.82) is 0 Å². The standard InChI is InChI=1S/C21H27ClN4O2/c1-3-5-6-7-17-13-25(14-20(27)23-4-2)21(28)19-12-18(24-26(17)19)15-8-10-16(22)11-9-15/h8-12,17H,3-7,13-14H2,1-2H3,(H,23,27). The number of fused-ring (bicyclic) bond motifs is 1. The molecule has 2 aromatic rings. The fourth-order valence-electron chi connectivity index (χ4n) is 3.58. The second-order valence-corrected chi connectivity index (χ2v) is 7.59. The molecule has 1 aromatic carbocycles. The first kappa shape index (κ1) is 20.4. The van der Waals surface area contributed by atoms with E-state index >= 15 is 0 Å². The van der Waals surface area contributed by atoms with E-state index < -0.39 is 0 Å². The van der Waals surface area contributed by atoms with Gasteiger partial charge in [0.05, 0.1) is 18.3 Å². The molecule has 1 atom stereocenters. The van der Waals surface area contributed by atoms with Crippen molar-refractivity contribution in [3.63, 3.8) is 0 Å². The van der Waals surface area contributed by atoms with Crippen LogP contribution < -0.4 is 5.32 Å². The van der Waals surface area contributed by atoms with Gasteiger partial charge in [-0.15, -0.1) is 0 Å². The lowest BCUT2D eigenvalue weighted by Crippen LogP contribution is -2.47. The molecule has 2 amide bonds. The quantitative estimate of drug-likeness (QED) is 0.680. The summed E-state index contributed by atoms with van der Waals surface area (Å²) in [5.74, 6) is -0.278. The fourth-order valence-corrected chi connectivity index (χ4v) is 3.70. The molecule has 1 aliphatic rings. The van der Waals surface area contributed by atoms with E-state index in [9.17, 15) is 9.59 Å². The number of hydrogen-bond acceptors (Lipinski definition) is 3. The number of carbonyl (C=O) groups excluding carboxylic acids is 2. The normalized spacial score (nSPS) is 16.2. The fraction of sp³-hybridized carbons (Fsp3) is 0.476. The lowest BCUT2D eigenvalue weighted by Gasteiger charge is -2.33. The van der Waals surface area contributed by atoms with Crippen LogP contribution >= 0.6 is 11.6 Å². The number of nitrogens with zero attached hydrogens (tertiary/aromatic N) is 3. The van der Waals surface area contributed by atoms with Crippen molar-refractivity contribution in [2.24, 2.45) is 0 Å². The number of hydrogen-bond donors (Lipinski definition) is 1. The lowest BCUT2D eigenvalue weighted by atomic mass is 10.0. The third kappa shape index (κ3) is 4.55.